The van der Waals surface area contributed by atoms with E-state index in [4.69, 9.17) is 16.3 Å². The smallest absolute Gasteiger partial charge is 0.256 e. The number of carbonyl (C=O) groups excluding carboxylic acids is 2. The molecule has 144 valence electrons. The van der Waals surface area contributed by atoms with Crippen molar-refractivity contribution < 1.29 is 14.3 Å². The van der Waals surface area contributed by atoms with Gasteiger partial charge in [-0.05, 0) is 60.2 Å². The third-order valence-electron chi connectivity index (χ3n) is 4.57. The van der Waals surface area contributed by atoms with Crippen LogP contribution < -0.4 is 15.4 Å². The predicted molar refractivity (Wildman–Crippen MR) is 115 cm³/mol. The molecule has 6 heteroatoms. The van der Waals surface area contributed by atoms with Crippen molar-refractivity contribution in [3.05, 3.63) is 88.4 Å². The number of hydrogen-bond acceptors (Lipinski definition) is 3. The van der Waals surface area contributed by atoms with Crippen molar-refractivity contribution >= 4 is 46.4 Å². The normalized spacial score (nSPS) is 13.7. The molecule has 0 radical (unpaired) electrons. The standard InChI is InChI=1S/C23H17ClN2O3/c1-29-18-8-5-15(6-9-18)22(27)25-17-4-2-3-14(11-17)12-20-19-10-7-16(24)13-21(19)26-23(20)28/h2-13H,1H3,(H,25,27)(H,26,28)/b20-12+. The first-order valence-corrected chi connectivity index (χ1v) is 9.30. The molecule has 0 spiro atoms. The first-order valence-electron chi connectivity index (χ1n) is 8.92. The number of carbonyl (C=O) groups is 2. The maximum Gasteiger partial charge on any atom is 0.256 e. The van der Waals surface area contributed by atoms with Crippen LogP contribution in [-0.2, 0) is 4.79 Å². The molecule has 2 N–H and O–H groups in total. The van der Waals surface area contributed by atoms with Crippen LogP contribution in [-0.4, -0.2) is 18.9 Å². The van der Waals surface area contributed by atoms with Gasteiger partial charge >= 0.3 is 0 Å². The van der Waals surface area contributed by atoms with Gasteiger partial charge in [-0.15, -0.1) is 0 Å². The Balaban J connectivity index is 1.57. The Kier molecular flexibility index (Phi) is 5.06. The summed E-state index contributed by atoms with van der Waals surface area (Å²) in [6, 6.07) is 19.5. The van der Waals surface area contributed by atoms with E-state index >= 15 is 0 Å². The first kappa shape index (κ1) is 18.8. The van der Waals surface area contributed by atoms with Crippen molar-refractivity contribution in [1.82, 2.24) is 0 Å². The lowest BCUT2D eigenvalue weighted by Gasteiger charge is -2.07. The fraction of sp³-hybridized carbons (Fsp3) is 0.0435. The lowest BCUT2D eigenvalue weighted by Crippen LogP contribution is -2.11. The molecule has 3 aromatic rings. The zero-order valence-corrected chi connectivity index (χ0v) is 16.3. The summed E-state index contributed by atoms with van der Waals surface area (Å²) in [6.45, 7) is 0. The van der Waals surface area contributed by atoms with Crippen LogP contribution in [0.2, 0.25) is 5.02 Å². The van der Waals surface area contributed by atoms with Gasteiger partial charge in [-0.3, -0.25) is 9.59 Å². The SMILES string of the molecule is COc1ccc(C(=O)Nc2cccc(/C=C3/C(=O)Nc4cc(Cl)ccc43)c2)cc1. The number of ether oxygens (including phenoxy) is 1. The molecule has 5 nitrogen and oxygen atoms in total. The highest BCUT2D eigenvalue weighted by atomic mass is 35.5. The highest BCUT2D eigenvalue weighted by Gasteiger charge is 2.24. The molecule has 3 aromatic carbocycles. The maximum atomic E-state index is 12.5. The molecule has 0 unspecified atom stereocenters. The van der Waals surface area contributed by atoms with Crippen LogP contribution >= 0.6 is 11.6 Å². The molecular formula is C23H17ClN2O3. The molecule has 0 atom stereocenters. The molecule has 0 saturated carbocycles. The van der Waals surface area contributed by atoms with E-state index in [1.54, 1.807) is 55.7 Å². The van der Waals surface area contributed by atoms with E-state index in [1.165, 1.54) is 0 Å². The molecule has 1 heterocycles. The van der Waals surface area contributed by atoms with Crippen LogP contribution in [0.1, 0.15) is 21.5 Å². The number of amides is 2. The highest BCUT2D eigenvalue weighted by molar-refractivity contribution is 6.36. The Bertz CT molecular complexity index is 1140. The van der Waals surface area contributed by atoms with Crippen molar-refractivity contribution in [3.8, 4) is 5.75 Å². The first-order chi connectivity index (χ1) is 14.0. The molecule has 0 bridgehead atoms. The number of hydrogen-bond donors (Lipinski definition) is 2. The zero-order chi connectivity index (χ0) is 20.4. The summed E-state index contributed by atoms with van der Waals surface area (Å²) in [5.41, 5.74) is 4.00. The van der Waals surface area contributed by atoms with Crippen LogP contribution in [0, 0.1) is 0 Å². The maximum absolute atomic E-state index is 12.5. The second kappa shape index (κ2) is 7.81. The largest absolute Gasteiger partial charge is 0.497 e. The summed E-state index contributed by atoms with van der Waals surface area (Å²) in [5, 5.41) is 6.25. The minimum atomic E-state index is -0.226. The number of benzene rings is 3. The third-order valence-corrected chi connectivity index (χ3v) is 4.81. The zero-order valence-electron chi connectivity index (χ0n) is 15.5. The van der Waals surface area contributed by atoms with Gasteiger partial charge in [0.1, 0.15) is 5.75 Å². The fourth-order valence-electron chi connectivity index (χ4n) is 3.13. The molecule has 0 aliphatic carbocycles. The Morgan fingerprint density at radius 2 is 1.86 bits per heavy atom. The summed E-state index contributed by atoms with van der Waals surface area (Å²) >= 11 is 6.00. The molecule has 1 aliphatic rings. The molecule has 29 heavy (non-hydrogen) atoms. The minimum absolute atomic E-state index is 0.185. The average Bonchev–Trinajstić information content (AvgIpc) is 3.02. The number of methoxy groups -OCH3 is 1. The summed E-state index contributed by atoms with van der Waals surface area (Å²) in [4.78, 5) is 24.8. The van der Waals surface area contributed by atoms with Crippen LogP contribution in [0.4, 0.5) is 11.4 Å². The molecule has 0 saturated heterocycles. The highest BCUT2D eigenvalue weighted by Crippen LogP contribution is 2.35. The number of nitrogens with one attached hydrogen (secondary N) is 2. The quantitative estimate of drug-likeness (QED) is 0.595. The third kappa shape index (κ3) is 4.00. The van der Waals surface area contributed by atoms with E-state index in [9.17, 15) is 9.59 Å². The van der Waals surface area contributed by atoms with E-state index < -0.39 is 0 Å². The molecule has 4 rings (SSSR count). The van der Waals surface area contributed by atoms with Crippen LogP contribution in [0.15, 0.2) is 66.7 Å². The second-order valence-electron chi connectivity index (χ2n) is 6.51. The van der Waals surface area contributed by atoms with Crippen molar-refractivity contribution in [2.75, 3.05) is 17.7 Å². The van der Waals surface area contributed by atoms with Crippen molar-refractivity contribution in [3.63, 3.8) is 0 Å². The monoisotopic (exact) mass is 404 g/mol. The van der Waals surface area contributed by atoms with E-state index in [-0.39, 0.29) is 11.8 Å². The van der Waals surface area contributed by atoms with Gasteiger partial charge in [0.15, 0.2) is 0 Å². The summed E-state index contributed by atoms with van der Waals surface area (Å²) in [7, 11) is 1.58. The Morgan fingerprint density at radius 1 is 1.07 bits per heavy atom. The van der Waals surface area contributed by atoms with Crippen LogP contribution in [0.3, 0.4) is 0 Å². The number of halogens is 1. The minimum Gasteiger partial charge on any atom is -0.497 e. The van der Waals surface area contributed by atoms with E-state index in [1.807, 2.05) is 24.3 Å². The predicted octanol–water partition coefficient (Wildman–Crippen LogP) is 5.09. The Labute approximate surface area is 173 Å². The summed E-state index contributed by atoms with van der Waals surface area (Å²) < 4.78 is 5.11. The average molecular weight is 405 g/mol. The fourth-order valence-corrected chi connectivity index (χ4v) is 3.30. The van der Waals surface area contributed by atoms with Gasteiger partial charge in [-0.1, -0.05) is 29.8 Å². The molecular weight excluding hydrogens is 388 g/mol. The van der Waals surface area contributed by atoms with E-state index in [2.05, 4.69) is 10.6 Å². The molecule has 0 fully saturated rings. The van der Waals surface area contributed by atoms with Gasteiger partial charge in [-0.25, -0.2) is 0 Å². The Morgan fingerprint density at radius 3 is 2.62 bits per heavy atom. The molecule has 1 aliphatic heterocycles. The van der Waals surface area contributed by atoms with Gasteiger partial charge in [0.2, 0.25) is 0 Å². The van der Waals surface area contributed by atoms with Gasteiger partial charge in [0, 0.05) is 27.4 Å². The van der Waals surface area contributed by atoms with Gasteiger partial charge in [0.05, 0.1) is 12.8 Å². The van der Waals surface area contributed by atoms with Gasteiger partial charge < -0.3 is 15.4 Å². The molecule has 0 aromatic heterocycles. The lowest BCUT2D eigenvalue weighted by molar-refractivity contribution is -0.110. The van der Waals surface area contributed by atoms with E-state index in [0.717, 1.165) is 11.1 Å². The van der Waals surface area contributed by atoms with Crippen molar-refractivity contribution in [2.45, 2.75) is 0 Å². The van der Waals surface area contributed by atoms with E-state index in [0.29, 0.717) is 33.3 Å². The summed E-state index contributed by atoms with van der Waals surface area (Å²) in [6.07, 6.45) is 1.79. The topological polar surface area (TPSA) is 67.4 Å². The Hall–Kier alpha value is -3.57. The second-order valence-corrected chi connectivity index (χ2v) is 6.95. The van der Waals surface area contributed by atoms with Crippen LogP contribution in [0.5, 0.6) is 5.75 Å². The van der Waals surface area contributed by atoms with Crippen molar-refractivity contribution in [1.29, 1.82) is 0 Å². The number of anilines is 2. The lowest BCUT2D eigenvalue weighted by atomic mass is 10.0. The van der Waals surface area contributed by atoms with Gasteiger partial charge in [0.25, 0.3) is 11.8 Å². The number of rotatable bonds is 4. The van der Waals surface area contributed by atoms with Gasteiger partial charge in [-0.2, -0.15) is 0 Å². The van der Waals surface area contributed by atoms with Crippen LogP contribution in [0.25, 0.3) is 11.6 Å². The number of fused-ring (bicyclic) bond motifs is 1. The summed E-state index contributed by atoms with van der Waals surface area (Å²) in [5.74, 6) is 0.276. The molecule has 2 amide bonds. The van der Waals surface area contributed by atoms with Crippen molar-refractivity contribution in [2.24, 2.45) is 0 Å².